The molecule has 0 saturated carbocycles. The minimum atomic E-state index is 0. The van der Waals surface area contributed by atoms with E-state index in [9.17, 15) is 0 Å². The van der Waals surface area contributed by atoms with Gasteiger partial charge in [-0.05, 0) is 32.1 Å². The van der Waals surface area contributed by atoms with Crippen LogP contribution in [-0.2, 0) is 6.54 Å². The summed E-state index contributed by atoms with van der Waals surface area (Å²) in [5.41, 5.74) is 4.72. The molecule has 122 valence electrons. The molecule has 0 aliphatic carbocycles. The van der Waals surface area contributed by atoms with E-state index in [0.717, 1.165) is 31.9 Å². The predicted octanol–water partition coefficient (Wildman–Crippen LogP) is 3.78. The number of imidazole rings is 1. The molecule has 0 atom stereocenters. The smallest absolute Gasteiger partial charge is 0.137 e. The summed E-state index contributed by atoms with van der Waals surface area (Å²) >= 11 is 0. The highest BCUT2D eigenvalue weighted by molar-refractivity contribution is 5.85. The van der Waals surface area contributed by atoms with Crippen molar-refractivity contribution < 1.29 is 0 Å². The van der Waals surface area contributed by atoms with Gasteiger partial charge in [-0.2, -0.15) is 5.10 Å². The number of para-hydroxylation sites is 2. The quantitative estimate of drug-likeness (QED) is 0.704. The average molecular weight is 343 g/mol. The fourth-order valence-electron chi connectivity index (χ4n) is 2.87. The highest BCUT2D eigenvalue weighted by Gasteiger charge is 2.12. The maximum Gasteiger partial charge on any atom is 0.137 e. The van der Waals surface area contributed by atoms with Crippen LogP contribution in [-0.4, -0.2) is 38.7 Å². The Hall–Kier alpha value is -1.23. The lowest BCUT2D eigenvalue weighted by Gasteiger charge is -2.18. The Kier molecular flexibility index (Phi) is 6.72. The summed E-state index contributed by atoms with van der Waals surface area (Å²) in [5.74, 6) is 0. The van der Waals surface area contributed by atoms with Gasteiger partial charge in [0.25, 0.3) is 0 Å². The van der Waals surface area contributed by atoms with Gasteiger partial charge in [0, 0.05) is 19.2 Å². The monoisotopic (exact) mass is 342 g/mol. The molecule has 2 heterocycles. The number of benzene rings is 1. The lowest BCUT2D eigenvalue weighted by Crippen LogP contribution is -2.26. The van der Waals surface area contributed by atoms with Gasteiger partial charge in [0.15, 0.2) is 0 Å². The van der Waals surface area contributed by atoms with Gasteiger partial charge in [-0.3, -0.25) is 0 Å². The summed E-state index contributed by atoms with van der Waals surface area (Å²) in [6.07, 6.45) is 0. The van der Waals surface area contributed by atoms with E-state index in [1.807, 2.05) is 0 Å². The Bertz CT molecular complexity index is 728. The maximum absolute atomic E-state index is 4.61. The van der Waals surface area contributed by atoms with Crippen LogP contribution in [0.2, 0.25) is 0 Å². The van der Waals surface area contributed by atoms with Gasteiger partial charge < -0.3 is 9.47 Å². The van der Waals surface area contributed by atoms with E-state index in [2.05, 4.69) is 70.2 Å². The first-order valence-electron chi connectivity index (χ1n) is 7.40. The molecule has 3 rings (SSSR count). The van der Waals surface area contributed by atoms with E-state index in [-0.39, 0.29) is 24.8 Å². The first kappa shape index (κ1) is 18.8. The van der Waals surface area contributed by atoms with Gasteiger partial charge in [0.2, 0.25) is 0 Å². The second-order valence-electron chi connectivity index (χ2n) is 5.22. The summed E-state index contributed by atoms with van der Waals surface area (Å²) in [4.78, 5) is 2.45. The third kappa shape index (κ3) is 3.24. The zero-order chi connectivity index (χ0) is 14.1. The number of hydrogen-bond donors (Lipinski definition) is 0. The van der Waals surface area contributed by atoms with E-state index in [1.165, 1.54) is 16.7 Å². The van der Waals surface area contributed by atoms with Crippen molar-refractivity contribution in [3.05, 3.63) is 36.0 Å². The first-order chi connectivity index (χ1) is 9.74. The predicted molar refractivity (Wildman–Crippen MR) is 97.7 cm³/mol. The Balaban J connectivity index is 0.00000121. The zero-order valence-electron chi connectivity index (χ0n) is 13.3. The Morgan fingerprint density at radius 2 is 1.68 bits per heavy atom. The highest BCUT2D eigenvalue weighted by atomic mass is 35.5. The van der Waals surface area contributed by atoms with Crippen molar-refractivity contribution in [2.24, 2.45) is 0 Å². The van der Waals surface area contributed by atoms with E-state index in [1.54, 1.807) is 0 Å². The molecule has 22 heavy (non-hydrogen) atoms. The Morgan fingerprint density at radius 3 is 2.32 bits per heavy atom. The van der Waals surface area contributed by atoms with Crippen molar-refractivity contribution >= 4 is 41.5 Å². The number of aromatic nitrogens is 3. The number of nitrogens with zero attached hydrogens (tertiary/aromatic N) is 4. The molecule has 0 fully saturated rings. The minimum Gasteiger partial charge on any atom is -0.323 e. The van der Waals surface area contributed by atoms with E-state index in [0.29, 0.717) is 0 Å². The molecule has 0 aliphatic heterocycles. The van der Waals surface area contributed by atoms with Crippen molar-refractivity contribution in [1.82, 2.24) is 19.1 Å². The van der Waals surface area contributed by atoms with Gasteiger partial charge in [-0.25, -0.2) is 4.52 Å². The molecule has 2 aromatic heterocycles. The number of fused-ring (bicyclic) bond motifs is 3. The summed E-state index contributed by atoms with van der Waals surface area (Å²) in [7, 11) is 0. The first-order valence-corrected chi connectivity index (χ1v) is 7.40. The Labute approximate surface area is 143 Å². The fourth-order valence-corrected chi connectivity index (χ4v) is 2.87. The fraction of sp³-hybridized carbons (Fsp3) is 0.438. The lowest BCUT2D eigenvalue weighted by molar-refractivity contribution is 0.293. The summed E-state index contributed by atoms with van der Waals surface area (Å²) in [6.45, 7) is 10.8. The molecule has 0 N–H and O–H groups in total. The van der Waals surface area contributed by atoms with Crippen LogP contribution in [0.5, 0.6) is 0 Å². The number of rotatable bonds is 5. The van der Waals surface area contributed by atoms with Crippen molar-refractivity contribution in [3.8, 4) is 0 Å². The van der Waals surface area contributed by atoms with Crippen molar-refractivity contribution in [2.45, 2.75) is 27.3 Å². The molecule has 3 aromatic rings. The lowest BCUT2D eigenvalue weighted by atomic mass is 10.3. The SMILES string of the molecule is CCN(CC)CCn1c2ccccc2n2nc(C)cc12.Cl.Cl. The maximum atomic E-state index is 4.61. The molecular formula is C16H24Cl2N4. The van der Waals surface area contributed by atoms with Crippen molar-refractivity contribution in [1.29, 1.82) is 0 Å². The van der Waals surface area contributed by atoms with E-state index in [4.69, 9.17) is 0 Å². The Morgan fingerprint density at radius 1 is 1.05 bits per heavy atom. The van der Waals surface area contributed by atoms with E-state index >= 15 is 0 Å². The topological polar surface area (TPSA) is 25.5 Å². The molecule has 1 aromatic carbocycles. The van der Waals surface area contributed by atoms with Gasteiger partial charge in [-0.15, -0.1) is 24.8 Å². The van der Waals surface area contributed by atoms with Crippen LogP contribution in [0.1, 0.15) is 19.5 Å². The second-order valence-corrected chi connectivity index (χ2v) is 5.22. The number of aryl methyl sites for hydroxylation is 1. The molecule has 0 bridgehead atoms. The summed E-state index contributed by atoms with van der Waals surface area (Å²) < 4.78 is 4.44. The highest BCUT2D eigenvalue weighted by Crippen LogP contribution is 2.21. The largest absolute Gasteiger partial charge is 0.323 e. The third-order valence-corrected chi connectivity index (χ3v) is 4.02. The van der Waals surface area contributed by atoms with Crippen LogP contribution < -0.4 is 0 Å². The second kappa shape index (κ2) is 7.86. The van der Waals surface area contributed by atoms with Gasteiger partial charge >= 0.3 is 0 Å². The van der Waals surface area contributed by atoms with Gasteiger partial charge in [0.1, 0.15) is 5.65 Å². The average Bonchev–Trinajstić information content (AvgIpc) is 2.97. The number of hydrogen-bond acceptors (Lipinski definition) is 2. The molecule has 0 aliphatic rings. The number of halogens is 2. The molecule has 0 radical (unpaired) electrons. The normalized spacial score (nSPS) is 10.9. The van der Waals surface area contributed by atoms with Crippen LogP contribution in [0, 0.1) is 6.92 Å². The number of likely N-dealkylation sites (N-methyl/N-ethyl adjacent to an activating group) is 1. The van der Waals surface area contributed by atoms with Crippen molar-refractivity contribution in [3.63, 3.8) is 0 Å². The van der Waals surface area contributed by atoms with Crippen molar-refractivity contribution in [2.75, 3.05) is 19.6 Å². The summed E-state index contributed by atoms with van der Waals surface area (Å²) in [5, 5.41) is 4.61. The standard InChI is InChI=1S/C16H22N4.2ClH/c1-4-18(5-2)10-11-19-14-8-6-7-9-15(14)20-16(19)12-13(3)17-20;;/h6-9,12H,4-5,10-11H2,1-3H3;2*1H. The van der Waals surface area contributed by atoms with E-state index < -0.39 is 0 Å². The zero-order valence-corrected chi connectivity index (χ0v) is 15.0. The molecule has 6 heteroatoms. The molecule has 0 unspecified atom stereocenters. The molecule has 4 nitrogen and oxygen atoms in total. The molecular weight excluding hydrogens is 319 g/mol. The van der Waals surface area contributed by atoms with Crippen LogP contribution in [0.3, 0.4) is 0 Å². The molecule has 0 saturated heterocycles. The van der Waals surface area contributed by atoms with Crippen LogP contribution in [0.25, 0.3) is 16.7 Å². The molecule has 0 spiro atoms. The van der Waals surface area contributed by atoms with Crippen LogP contribution in [0.15, 0.2) is 30.3 Å². The summed E-state index contributed by atoms with van der Waals surface area (Å²) in [6, 6.07) is 10.7. The molecule has 0 amide bonds. The van der Waals surface area contributed by atoms with Crippen LogP contribution >= 0.6 is 24.8 Å². The minimum absolute atomic E-state index is 0. The third-order valence-electron chi connectivity index (χ3n) is 4.02. The van der Waals surface area contributed by atoms with Gasteiger partial charge in [-0.1, -0.05) is 26.0 Å². The van der Waals surface area contributed by atoms with Gasteiger partial charge in [0.05, 0.1) is 16.7 Å². The van der Waals surface area contributed by atoms with Crippen LogP contribution in [0.4, 0.5) is 0 Å².